The summed E-state index contributed by atoms with van der Waals surface area (Å²) in [5.41, 5.74) is 0.553. The van der Waals surface area contributed by atoms with Crippen molar-refractivity contribution in [3.63, 3.8) is 0 Å². The minimum absolute atomic E-state index is 0.0106. The first-order valence-electron chi connectivity index (χ1n) is 12.0. The van der Waals surface area contributed by atoms with Gasteiger partial charge in [-0.2, -0.15) is 0 Å². The zero-order valence-electron chi connectivity index (χ0n) is 19.2. The lowest BCUT2D eigenvalue weighted by atomic mass is 9.55. The number of carbonyl (C=O) groups is 1. The van der Waals surface area contributed by atoms with Crippen LogP contribution in [0.2, 0.25) is 0 Å². The largest absolute Gasteiger partial charge is 0.489 e. The van der Waals surface area contributed by atoms with E-state index in [-0.39, 0.29) is 37.1 Å². The van der Waals surface area contributed by atoms with Crippen LogP contribution in [0.3, 0.4) is 0 Å². The number of halogens is 2. The van der Waals surface area contributed by atoms with E-state index >= 15 is 0 Å². The van der Waals surface area contributed by atoms with E-state index < -0.39 is 17.9 Å². The van der Waals surface area contributed by atoms with Crippen molar-refractivity contribution >= 4 is 11.7 Å². The van der Waals surface area contributed by atoms with E-state index in [4.69, 9.17) is 4.74 Å². The third-order valence-electron chi connectivity index (χ3n) is 7.82. The average molecular weight is 473 g/mol. The van der Waals surface area contributed by atoms with Gasteiger partial charge in [-0.15, -0.1) is 0 Å². The topological polar surface area (TPSA) is 87.3 Å². The fourth-order valence-corrected chi connectivity index (χ4v) is 5.45. The number of rotatable bonds is 6. The summed E-state index contributed by atoms with van der Waals surface area (Å²) in [6.07, 6.45) is 9.00. The number of aromatic nitrogens is 2. The lowest BCUT2D eigenvalue weighted by Crippen LogP contribution is -2.52. The molecule has 2 aromatic heterocycles. The Morgan fingerprint density at radius 2 is 2.03 bits per heavy atom. The number of carbonyl (C=O) groups excluding carboxylic acids is 1. The molecule has 2 aromatic rings. The molecule has 1 saturated heterocycles. The molecular formula is C25H30F2N4O3. The molecule has 2 saturated carbocycles. The van der Waals surface area contributed by atoms with E-state index in [9.17, 15) is 18.4 Å². The molecule has 3 aliphatic rings. The summed E-state index contributed by atoms with van der Waals surface area (Å²) >= 11 is 0. The van der Waals surface area contributed by atoms with Gasteiger partial charge in [-0.25, -0.2) is 13.8 Å². The van der Waals surface area contributed by atoms with Crippen molar-refractivity contribution in [3.05, 3.63) is 52.6 Å². The van der Waals surface area contributed by atoms with E-state index in [2.05, 4.69) is 15.3 Å². The monoisotopic (exact) mass is 472 g/mol. The number of piperidine rings is 1. The maximum Gasteiger partial charge on any atom is 0.257 e. The van der Waals surface area contributed by atoms with Crippen LogP contribution in [0.4, 0.5) is 14.6 Å². The predicted octanol–water partition coefficient (Wildman–Crippen LogP) is 3.93. The molecule has 3 heterocycles. The van der Waals surface area contributed by atoms with Gasteiger partial charge in [0.15, 0.2) is 0 Å². The highest BCUT2D eigenvalue weighted by atomic mass is 19.3. The Morgan fingerprint density at radius 3 is 2.65 bits per heavy atom. The molecule has 1 amide bonds. The second-order valence-corrected chi connectivity index (χ2v) is 10.1. The molecule has 0 radical (unpaired) electrons. The molecule has 9 heteroatoms. The highest BCUT2D eigenvalue weighted by Crippen LogP contribution is 2.56. The predicted molar refractivity (Wildman–Crippen MR) is 123 cm³/mol. The van der Waals surface area contributed by atoms with Crippen molar-refractivity contribution in [3.8, 4) is 5.75 Å². The molecular weight excluding hydrogens is 442 g/mol. The van der Waals surface area contributed by atoms with Crippen LogP contribution >= 0.6 is 0 Å². The van der Waals surface area contributed by atoms with Crippen LogP contribution in [0, 0.1) is 5.41 Å². The molecule has 7 nitrogen and oxygen atoms in total. The molecule has 5 rings (SSSR count). The fraction of sp³-hybridized carbons (Fsp3) is 0.560. The number of amides is 1. The third-order valence-corrected chi connectivity index (χ3v) is 7.82. The highest BCUT2D eigenvalue weighted by Gasteiger charge is 2.49. The quantitative estimate of drug-likeness (QED) is 0.665. The summed E-state index contributed by atoms with van der Waals surface area (Å²) in [4.78, 5) is 32.6. The van der Waals surface area contributed by atoms with Crippen LogP contribution in [-0.4, -0.2) is 51.9 Å². The van der Waals surface area contributed by atoms with E-state index in [0.717, 1.165) is 12.8 Å². The molecule has 1 aliphatic heterocycles. The Kier molecular flexibility index (Phi) is 5.91. The second kappa shape index (κ2) is 8.76. The van der Waals surface area contributed by atoms with Crippen molar-refractivity contribution in [2.45, 2.75) is 69.4 Å². The highest BCUT2D eigenvalue weighted by molar-refractivity contribution is 5.93. The average Bonchev–Trinajstić information content (AvgIpc) is 2.76. The third kappa shape index (κ3) is 4.58. The SMILES string of the molecule is CC(C(=O)Nc1ccc(OC2CC3(CCC3)C2)cn1)N1CCC(F)(F)C(c2ccc(=O)[nH]c2)C1. The van der Waals surface area contributed by atoms with Crippen molar-refractivity contribution in [1.82, 2.24) is 14.9 Å². The molecule has 2 unspecified atom stereocenters. The first-order chi connectivity index (χ1) is 16.2. The summed E-state index contributed by atoms with van der Waals surface area (Å²) < 4.78 is 35.2. The summed E-state index contributed by atoms with van der Waals surface area (Å²) in [6, 6.07) is 5.55. The van der Waals surface area contributed by atoms with Gasteiger partial charge in [0.2, 0.25) is 11.5 Å². The summed E-state index contributed by atoms with van der Waals surface area (Å²) in [7, 11) is 0. The van der Waals surface area contributed by atoms with Crippen LogP contribution in [-0.2, 0) is 4.79 Å². The van der Waals surface area contributed by atoms with Gasteiger partial charge in [0.1, 0.15) is 11.6 Å². The number of likely N-dealkylation sites (tertiary alicyclic amines) is 1. The normalized spacial score (nSPS) is 24.6. The number of nitrogens with zero attached hydrogens (tertiary/aromatic N) is 2. The number of pyridine rings is 2. The number of hydrogen-bond donors (Lipinski definition) is 2. The molecule has 0 bridgehead atoms. The van der Waals surface area contributed by atoms with Gasteiger partial charge in [0, 0.05) is 31.8 Å². The Hall–Kier alpha value is -2.81. The van der Waals surface area contributed by atoms with E-state index in [0.29, 0.717) is 22.5 Å². The van der Waals surface area contributed by atoms with E-state index in [1.54, 1.807) is 30.2 Å². The van der Waals surface area contributed by atoms with Crippen LogP contribution < -0.4 is 15.6 Å². The smallest absolute Gasteiger partial charge is 0.257 e. The number of alkyl halides is 2. The van der Waals surface area contributed by atoms with Crippen molar-refractivity contribution in [1.29, 1.82) is 0 Å². The van der Waals surface area contributed by atoms with Gasteiger partial charge in [-0.05, 0) is 55.7 Å². The Labute approximate surface area is 196 Å². The standard InChI is InChI=1S/C25H30F2N4O3/c1-16(31-10-9-25(26,27)20(15-31)17-3-6-22(32)29-13-17)23(33)30-21-5-4-18(14-28-21)34-19-11-24(12-19)7-2-8-24/h3-6,13-14,16,19-20H,2,7-12,15H2,1H3,(H,29,32)(H,28,30,33). The first kappa shape index (κ1) is 23.0. The number of hydrogen-bond acceptors (Lipinski definition) is 5. The molecule has 34 heavy (non-hydrogen) atoms. The van der Waals surface area contributed by atoms with Gasteiger partial charge < -0.3 is 15.0 Å². The fourth-order valence-electron chi connectivity index (χ4n) is 5.45. The van der Waals surface area contributed by atoms with Gasteiger partial charge in [0.05, 0.1) is 24.3 Å². The minimum Gasteiger partial charge on any atom is -0.489 e. The van der Waals surface area contributed by atoms with Crippen molar-refractivity contribution < 1.29 is 18.3 Å². The maximum absolute atomic E-state index is 14.6. The van der Waals surface area contributed by atoms with Gasteiger partial charge in [0.25, 0.3) is 5.92 Å². The molecule has 2 N–H and O–H groups in total. The minimum atomic E-state index is -2.92. The molecule has 0 aromatic carbocycles. The molecule has 1 spiro atoms. The lowest BCUT2D eigenvalue weighted by molar-refractivity contribution is -0.125. The number of ether oxygens (including phenoxy) is 1. The number of anilines is 1. The zero-order chi connectivity index (χ0) is 23.9. The Bertz CT molecular complexity index is 1070. The second-order valence-electron chi connectivity index (χ2n) is 10.1. The van der Waals surface area contributed by atoms with E-state index in [1.165, 1.54) is 37.6 Å². The molecule has 2 atom stereocenters. The molecule has 182 valence electrons. The van der Waals surface area contributed by atoms with Gasteiger partial charge >= 0.3 is 0 Å². The number of nitrogens with one attached hydrogen (secondary N) is 2. The zero-order valence-corrected chi connectivity index (χ0v) is 19.2. The molecule has 3 fully saturated rings. The summed E-state index contributed by atoms with van der Waals surface area (Å²) in [6.45, 7) is 1.81. The van der Waals surface area contributed by atoms with E-state index in [1.807, 2.05) is 0 Å². The summed E-state index contributed by atoms with van der Waals surface area (Å²) in [5.74, 6) is -3.24. The van der Waals surface area contributed by atoms with Crippen LogP contribution in [0.15, 0.2) is 41.5 Å². The van der Waals surface area contributed by atoms with Crippen LogP contribution in [0.25, 0.3) is 0 Å². The summed E-state index contributed by atoms with van der Waals surface area (Å²) in [5, 5.41) is 2.78. The van der Waals surface area contributed by atoms with Crippen molar-refractivity contribution in [2.75, 3.05) is 18.4 Å². The maximum atomic E-state index is 14.6. The van der Waals surface area contributed by atoms with Gasteiger partial charge in [-0.3, -0.25) is 14.5 Å². The van der Waals surface area contributed by atoms with Crippen LogP contribution in [0.1, 0.15) is 56.9 Å². The molecule has 2 aliphatic carbocycles. The number of aromatic amines is 1. The Morgan fingerprint density at radius 1 is 1.24 bits per heavy atom. The first-order valence-corrected chi connectivity index (χ1v) is 12.0. The van der Waals surface area contributed by atoms with Crippen LogP contribution in [0.5, 0.6) is 5.75 Å². The van der Waals surface area contributed by atoms with Gasteiger partial charge in [-0.1, -0.05) is 12.5 Å². The lowest BCUT2D eigenvalue weighted by Gasteiger charge is -2.53. The van der Waals surface area contributed by atoms with Crippen molar-refractivity contribution in [2.24, 2.45) is 5.41 Å². The number of H-pyrrole nitrogens is 1. The Balaban J connectivity index is 1.16.